The van der Waals surface area contributed by atoms with Crippen molar-refractivity contribution in [2.45, 2.75) is 51.4 Å². The van der Waals surface area contributed by atoms with Crippen molar-refractivity contribution in [2.24, 2.45) is 5.92 Å². The molecule has 0 spiro atoms. The average Bonchev–Trinajstić information content (AvgIpc) is 3.26. The van der Waals surface area contributed by atoms with E-state index >= 15 is 0 Å². The maximum atomic E-state index is 14.1. The van der Waals surface area contributed by atoms with E-state index in [1.807, 2.05) is 0 Å². The first-order valence-corrected chi connectivity index (χ1v) is 13.6. The van der Waals surface area contributed by atoms with Crippen molar-refractivity contribution >= 4 is 34.3 Å². The van der Waals surface area contributed by atoms with Crippen LogP contribution >= 0.6 is 11.6 Å². The SMILES string of the molecule is O=C(O)c1cnc2nc(CC3CC=C(c4nccc(OCc5ccc(Cl)cc5F)n4)CC3)n(C[C@@H]3CCO3)c2c1. The highest BCUT2D eigenvalue weighted by Gasteiger charge is 2.25. The third kappa shape index (κ3) is 5.68. The van der Waals surface area contributed by atoms with Crippen molar-refractivity contribution in [3.05, 3.63) is 82.4 Å². The van der Waals surface area contributed by atoms with Crippen LogP contribution in [0.25, 0.3) is 16.7 Å². The fourth-order valence-corrected chi connectivity index (χ4v) is 5.22. The average molecular weight is 564 g/mol. The highest BCUT2D eigenvalue weighted by molar-refractivity contribution is 6.30. The second-order valence-electron chi connectivity index (χ2n) is 10.1. The first-order chi connectivity index (χ1) is 19.4. The van der Waals surface area contributed by atoms with Crippen molar-refractivity contribution in [3.63, 3.8) is 0 Å². The molecule has 1 aromatic carbocycles. The van der Waals surface area contributed by atoms with Gasteiger partial charge in [-0.2, -0.15) is 4.98 Å². The van der Waals surface area contributed by atoms with Crippen LogP contribution in [0, 0.1) is 11.7 Å². The fraction of sp³-hybridized carbons (Fsp3) is 0.345. The number of pyridine rings is 1. The summed E-state index contributed by atoms with van der Waals surface area (Å²) in [7, 11) is 0. The molecule has 4 heterocycles. The summed E-state index contributed by atoms with van der Waals surface area (Å²) in [6.07, 6.45) is 9.53. The number of carbonyl (C=O) groups is 1. The van der Waals surface area contributed by atoms with Crippen molar-refractivity contribution < 1.29 is 23.8 Å². The minimum atomic E-state index is -1.01. The normalized spacial score (nSPS) is 18.8. The molecule has 1 aliphatic heterocycles. The van der Waals surface area contributed by atoms with Crippen molar-refractivity contribution in [2.75, 3.05) is 6.61 Å². The molecule has 3 aromatic heterocycles. The summed E-state index contributed by atoms with van der Waals surface area (Å²) in [5.41, 5.74) is 2.86. The molecular formula is C29H27ClFN5O4. The van der Waals surface area contributed by atoms with Crippen molar-refractivity contribution in [1.29, 1.82) is 0 Å². The quantitative estimate of drug-likeness (QED) is 0.284. The topological polar surface area (TPSA) is 112 Å². The van der Waals surface area contributed by atoms with Gasteiger partial charge in [-0.25, -0.2) is 24.1 Å². The molecular weight excluding hydrogens is 537 g/mol. The van der Waals surface area contributed by atoms with Gasteiger partial charge in [0, 0.05) is 42.1 Å². The van der Waals surface area contributed by atoms with E-state index in [9.17, 15) is 14.3 Å². The second-order valence-corrected chi connectivity index (χ2v) is 10.5. The van der Waals surface area contributed by atoms with E-state index in [-0.39, 0.29) is 18.3 Å². The Bertz CT molecular complexity index is 1600. The summed E-state index contributed by atoms with van der Waals surface area (Å²) in [5.74, 6) is 0.795. The highest BCUT2D eigenvalue weighted by atomic mass is 35.5. The first kappa shape index (κ1) is 26.3. The molecule has 6 rings (SSSR count). The molecule has 40 heavy (non-hydrogen) atoms. The minimum absolute atomic E-state index is 0.0380. The number of carboxylic acids is 1. The number of nitrogens with zero attached hydrogens (tertiary/aromatic N) is 5. The number of benzene rings is 1. The Kier molecular flexibility index (Phi) is 7.44. The molecule has 1 fully saturated rings. The van der Waals surface area contributed by atoms with Gasteiger partial charge in [0.15, 0.2) is 11.5 Å². The summed E-state index contributed by atoms with van der Waals surface area (Å²) in [6, 6.07) is 7.78. The molecule has 0 amide bonds. The first-order valence-electron chi connectivity index (χ1n) is 13.2. The van der Waals surface area contributed by atoms with E-state index in [1.165, 1.54) is 12.3 Å². The number of rotatable bonds is 9. The highest BCUT2D eigenvalue weighted by Crippen LogP contribution is 2.32. The van der Waals surface area contributed by atoms with Crippen LogP contribution in [0.2, 0.25) is 5.02 Å². The molecule has 2 aliphatic rings. The molecule has 9 nitrogen and oxygen atoms in total. The third-order valence-electron chi connectivity index (χ3n) is 7.41. The minimum Gasteiger partial charge on any atom is -0.478 e. The number of allylic oxidation sites excluding steroid dienone is 2. The van der Waals surface area contributed by atoms with Gasteiger partial charge in [0.1, 0.15) is 18.2 Å². The van der Waals surface area contributed by atoms with Gasteiger partial charge in [-0.3, -0.25) is 0 Å². The Morgan fingerprint density at radius 3 is 2.80 bits per heavy atom. The molecule has 0 bridgehead atoms. The predicted octanol–water partition coefficient (Wildman–Crippen LogP) is 5.51. The molecule has 2 atom stereocenters. The van der Waals surface area contributed by atoms with Crippen LogP contribution in [0.4, 0.5) is 4.39 Å². The molecule has 1 N–H and O–H groups in total. The number of ether oxygens (including phenoxy) is 2. The van der Waals surface area contributed by atoms with Crippen molar-refractivity contribution in [3.8, 4) is 5.88 Å². The summed E-state index contributed by atoms with van der Waals surface area (Å²) >= 11 is 5.83. The van der Waals surface area contributed by atoms with E-state index in [1.54, 1.807) is 30.5 Å². The van der Waals surface area contributed by atoms with E-state index in [0.29, 0.717) is 40.4 Å². The zero-order chi connectivity index (χ0) is 27.6. The lowest BCUT2D eigenvalue weighted by Crippen LogP contribution is -2.32. The van der Waals surface area contributed by atoms with Crippen LogP contribution in [0.15, 0.2) is 48.8 Å². The van der Waals surface area contributed by atoms with Gasteiger partial charge in [0.2, 0.25) is 5.88 Å². The summed E-state index contributed by atoms with van der Waals surface area (Å²) < 4.78 is 27.6. The summed E-state index contributed by atoms with van der Waals surface area (Å²) in [6.45, 7) is 1.41. The Hall–Kier alpha value is -3.89. The van der Waals surface area contributed by atoms with Crippen LogP contribution in [0.1, 0.15) is 53.3 Å². The van der Waals surface area contributed by atoms with Crippen LogP contribution in [0.5, 0.6) is 5.88 Å². The van der Waals surface area contributed by atoms with Gasteiger partial charge < -0.3 is 19.1 Å². The van der Waals surface area contributed by atoms with E-state index in [0.717, 1.165) is 55.6 Å². The molecule has 1 aliphatic carbocycles. The largest absolute Gasteiger partial charge is 0.478 e. The maximum absolute atomic E-state index is 14.1. The molecule has 0 radical (unpaired) electrons. The number of hydrogen-bond donors (Lipinski definition) is 1. The monoisotopic (exact) mass is 563 g/mol. The van der Waals surface area contributed by atoms with Gasteiger partial charge in [0.05, 0.1) is 23.7 Å². The molecule has 0 saturated carbocycles. The number of imidazole rings is 1. The Balaban J connectivity index is 1.15. The van der Waals surface area contributed by atoms with Gasteiger partial charge in [-0.05, 0) is 55.4 Å². The molecule has 4 aromatic rings. The smallest absolute Gasteiger partial charge is 0.337 e. The summed E-state index contributed by atoms with van der Waals surface area (Å²) in [5, 5.41) is 9.78. The third-order valence-corrected chi connectivity index (χ3v) is 7.64. The van der Waals surface area contributed by atoms with E-state index in [2.05, 4.69) is 25.6 Å². The molecule has 11 heteroatoms. The lowest BCUT2D eigenvalue weighted by atomic mass is 9.87. The number of fused-ring (bicyclic) bond motifs is 1. The maximum Gasteiger partial charge on any atom is 0.337 e. The number of aromatic nitrogens is 5. The Labute approximate surface area is 234 Å². The molecule has 1 unspecified atom stereocenters. The van der Waals surface area contributed by atoms with Crippen LogP contribution in [-0.2, 0) is 24.3 Å². The standard InChI is InChI=1S/C29H27ClFN5O4/c30-21-6-5-19(23(31)13-21)16-40-26-7-9-32-27(35-26)18-3-1-17(2-4-18)11-25-34-28-24(12-20(14-33-28)29(37)38)36(25)15-22-8-10-39-22/h3,5-7,9,12-14,17,22H,1-2,4,8,10-11,15-16H2,(H,37,38)/t17?,22-/m0/s1. The molecule has 1 saturated heterocycles. The summed E-state index contributed by atoms with van der Waals surface area (Å²) in [4.78, 5) is 29.6. The zero-order valence-corrected chi connectivity index (χ0v) is 22.4. The number of aromatic carboxylic acids is 1. The lowest BCUT2D eigenvalue weighted by molar-refractivity contribution is -0.0590. The van der Waals surface area contributed by atoms with Gasteiger partial charge in [0.25, 0.3) is 0 Å². The Morgan fingerprint density at radius 1 is 1.20 bits per heavy atom. The van der Waals surface area contributed by atoms with Crippen LogP contribution < -0.4 is 4.74 Å². The van der Waals surface area contributed by atoms with Gasteiger partial charge in [-0.1, -0.05) is 23.7 Å². The van der Waals surface area contributed by atoms with E-state index in [4.69, 9.17) is 26.1 Å². The second kappa shape index (κ2) is 11.3. The van der Waals surface area contributed by atoms with Gasteiger partial charge >= 0.3 is 5.97 Å². The number of hydrogen-bond acceptors (Lipinski definition) is 7. The van der Waals surface area contributed by atoms with Gasteiger partial charge in [-0.15, -0.1) is 0 Å². The van der Waals surface area contributed by atoms with Crippen LogP contribution in [-0.4, -0.2) is 48.3 Å². The van der Waals surface area contributed by atoms with Crippen LogP contribution in [0.3, 0.4) is 0 Å². The lowest BCUT2D eigenvalue weighted by Gasteiger charge is -2.28. The number of carboxylic acid groups (broad SMARTS) is 1. The Morgan fingerprint density at radius 2 is 2.08 bits per heavy atom. The van der Waals surface area contributed by atoms with E-state index < -0.39 is 11.8 Å². The zero-order valence-electron chi connectivity index (χ0n) is 21.6. The predicted molar refractivity (Wildman–Crippen MR) is 146 cm³/mol. The number of halogens is 2. The van der Waals surface area contributed by atoms with Crippen molar-refractivity contribution in [1.82, 2.24) is 24.5 Å². The molecule has 206 valence electrons. The fourth-order valence-electron chi connectivity index (χ4n) is 5.06.